The minimum absolute atomic E-state index is 0.355. The Morgan fingerprint density at radius 3 is 3.00 bits per heavy atom. The van der Waals surface area contributed by atoms with Gasteiger partial charge in [0, 0.05) is 5.56 Å². The predicted molar refractivity (Wildman–Crippen MR) is 52.3 cm³/mol. The number of rotatable bonds is 3. The normalized spacial score (nSPS) is 10.7. The first-order valence-electron chi connectivity index (χ1n) is 4.20. The minimum atomic E-state index is 0.355. The molecule has 2 aromatic rings. The van der Waals surface area contributed by atoms with Gasteiger partial charge in [-0.05, 0) is 12.1 Å². The first-order chi connectivity index (χ1) is 7.40. The summed E-state index contributed by atoms with van der Waals surface area (Å²) < 4.78 is 5.39. The number of hydrogen-bond acceptors (Lipinski definition) is 5. The Bertz CT molecular complexity index is 453. The summed E-state index contributed by atoms with van der Waals surface area (Å²) in [7, 11) is 0. The highest BCUT2D eigenvalue weighted by molar-refractivity contribution is 5.83. The number of aromatic amines is 1. The van der Waals surface area contributed by atoms with Crippen molar-refractivity contribution in [3.8, 4) is 11.6 Å². The first-order valence-corrected chi connectivity index (χ1v) is 4.20. The maximum absolute atomic E-state index is 8.45. The summed E-state index contributed by atoms with van der Waals surface area (Å²) in [5.74, 6) is 0.901. The van der Waals surface area contributed by atoms with Gasteiger partial charge in [0.05, 0.1) is 6.21 Å². The van der Waals surface area contributed by atoms with Gasteiger partial charge in [-0.25, -0.2) is 0 Å². The van der Waals surface area contributed by atoms with Crippen molar-refractivity contribution in [2.45, 2.75) is 0 Å². The van der Waals surface area contributed by atoms with Crippen LogP contribution in [0.3, 0.4) is 0 Å². The number of nitrogens with one attached hydrogen (secondary N) is 1. The van der Waals surface area contributed by atoms with Crippen LogP contribution in [-0.4, -0.2) is 26.8 Å². The Morgan fingerprint density at radius 2 is 2.27 bits per heavy atom. The molecule has 0 aliphatic heterocycles. The minimum Gasteiger partial charge on any atom is -0.436 e. The average Bonchev–Trinajstić information content (AvgIpc) is 2.74. The quantitative estimate of drug-likeness (QED) is 0.449. The van der Waals surface area contributed by atoms with Crippen molar-refractivity contribution in [2.24, 2.45) is 5.16 Å². The van der Waals surface area contributed by atoms with Crippen LogP contribution >= 0.6 is 0 Å². The maximum Gasteiger partial charge on any atom is 0.258 e. The summed E-state index contributed by atoms with van der Waals surface area (Å²) >= 11 is 0. The lowest BCUT2D eigenvalue weighted by atomic mass is 10.2. The van der Waals surface area contributed by atoms with E-state index in [-0.39, 0.29) is 0 Å². The molecular weight excluding hydrogens is 196 g/mol. The van der Waals surface area contributed by atoms with Gasteiger partial charge in [0.15, 0.2) is 0 Å². The number of H-pyrrole nitrogens is 1. The number of nitrogens with zero attached hydrogens (tertiary/aromatic N) is 3. The highest BCUT2D eigenvalue weighted by Gasteiger charge is 2.03. The Kier molecular flexibility index (Phi) is 2.59. The zero-order chi connectivity index (χ0) is 10.5. The van der Waals surface area contributed by atoms with Crippen molar-refractivity contribution < 1.29 is 9.94 Å². The second-order valence-electron chi connectivity index (χ2n) is 2.69. The fourth-order valence-corrected chi connectivity index (χ4v) is 1.10. The molecule has 0 bridgehead atoms. The van der Waals surface area contributed by atoms with Crippen molar-refractivity contribution >= 4 is 6.21 Å². The Hall–Kier alpha value is -2.37. The molecule has 0 saturated carbocycles. The zero-order valence-electron chi connectivity index (χ0n) is 7.66. The van der Waals surface area contributed by atoms with Gasteiger partial charge in [-0.2, -0.15) is 10.3 Å². The van der Waals surface area contributed by atoms with Crippen molar-refractivity contribution in [1.82, 2.24) is 15.4 Å². The lowest BCUT2D eigenvalue weighted by Crippen LogP contribution is -1.90. The summed E-state index contributed by atoms with van der Waals surface area (Å²) in [6, 6.07) is 7.12. The second-order valence-corrected chi connectivity index (χ2v) is 2.69. The fraction of sp³-hybridized carbons (Fsp3) is 0. The van der Waals surface area contributed by atoms with E-state index < -0.39 is 0 Å². The number of ether oxygens (including phenoxy) is 1. The van der Waals surface area contributed by atoms with Gasteiger partial charge in [0.25, 0.3) is 5.88 Å². The summed E-state index contributed by atoms with van der Waals surface area (Å²) in [6.45, 7) is 0. The van der Waals surface area contributed by atoms with E-state index >= 15 is 0 Å². The monoisotopic (exact) mass is 204 g/mol. The van der Waals surface area contributed by atoms with Crippen LogP contribution in [0.15, 0.2) is 35.6 Å². The van der Waals surface area contributed by atoms with Gasteiger partial charge in [-0.1, -0.05) is 17.3 Å². The topological polar surface area (TPSA) is 83.4 Å². The van der Waals surface area contributed by atoms with Gasteiger partial charge < -0.3 is 9.94 Å². The van der Waals surface area contributed by atoms with Crippen LogP contribution in [0.2, 0.25) is 0 Å². The van der Waals surface area contributed by atoms with E-state index in [1.54, 1.807) is 12.1 Å². The molecule has 0 saturated heterocycles. The predicted octanol–water partition coefficient (Wildman–Crippen LogP) is 1.41. The molecule has 0 fully saturated rings. The van der Waals surface area contributed by atoms with E-state index in [0.717, 1.165) is 0 Å². The third-order valence-corrected chi connectivity index (χ3v) is 1.72. The second kappa shape index (κ2) is 4.23. The highest BCUT2D eigenvalue weighted by Crippen LogP contribution is 2.21. The molecule has 0 amide bonds. The van der Waals surface area contributed by atoms with Crippen LogP contribution in [0.4, 0.5) is 0 Å². The molecule has 0 aliphatic rings. The van der Waals surface area contributed by atoms with Crippen LogP contribution in [0.25, 0.3) is 0 Å². The number of aromatic nitrogens is 3. The number of para-hydroxylation sites is 1. The maximum atomic E-state index is 8.45. The summed E-state index contributed by atoms with van der Waals surface area (Å²) in [6.07, 6.45) is 2.74. The fourth-order valence-electron chi connectivity index (χ4n) is 1.10. The third kappa shape index (κ3) is 2.11. The van der Waals surface area contributed by atoms with Crippen LogP contribution in [0.1, 0.15) is 5.56 Å². The van der Waals surface area contributed by atoms with E-state index in [0.29, 0.717) is 17.2 Å². The molecular formula is C9H8N4O2. The SMILES string of the molecule is ON=Cc1ccccc1Oc1cn[nH]n1. The van der Waals surface area contributed by atoms with Gasteiger partial charge >= 0.3 is 0 Å². The lowest BCUT2D eigenvalue weighted by molar-refractivity contribution is 0.321. The first kappa shape index (κ1) is 9.20. The van der Waals surface area contributed by atoms with Crippen molar-refractivity contribution in [1.29, 1.82) is 0 Å². The highest BCUT2D eigenvalue weighted by atomic mass is 16.5. The van der Waals surface area contributed by atoms with E-state index in [9.17, 15) is 0 Å². The van der Waals surface area contributed by atoms with Gasteiger partial charge in [-0.15, -0.1) is 5.10 Å². The van der Waals surface area contributed by atoms with E-state index in [4.69, 9.17) is 9.94 Å². The summed E-state index contributed by atoms with van der Waals surface area (Å²) in [5, 5.41) is 21.2. The largest absolute Gasteiger partial charge is 0.436 e. The van der Waals surface area contributed by atoms with Crippen molar-refractivity contribution in [3.63, 3.8) is 0 Å². The standard InChI is InChI=1S/C9H8N4O2/c14-11-5-7-3-1-2-4-8(7)15-9-6-10-13-12-9/h1-6,14H,(H,10,12,13). The van der Waals surface area contributed by atoms with Crippen molar-refractivity contribution in [3.05, 3.63) is 36.0 Å². The lowest BCUT2D eigenvalue weighted by Gasteiger charge is -2.03. The number of oxime groups is 1. The molecule has 76 valence electrons. The molecule has 1 aromatic heterocycles. The van der Waals surface area contributed by atoms with E-state index in [1.165, 1.54) is 12.4 Å². The molecule has 0 spiro atoms. The molecule has 15 heavy (non-hydrogen) atoms. The average molecular weight is 204 g/mol. The molecule has 0 aliphatic carbocycles. The van der Waals surface area contributed by atoms with Gasteiger partial charge in [-0.3, -0.25) is 0 Å². The van der Waals surface area contributed by atoms with Crippen LogP contribution < -0.4 is 4.74 Å². The van der Waals surface area contributed by atoms with E-state index in [2.05, 4.69) is 20.6 Å². The molecule has 2 N–H and O–H groups in total. The molecule has 6 nitrogen and oxygen atoms in total. The number of benzene rings is 1. The Labute approximate surface area is 85.2 Å². The summed E-state index contributed by atoms with van der Waals surface area (Å²) in [5.41, 5.74) is 0.656. The van der Waals surface area contributed by atoms with E-state index in [1.807, 2.05) is 12.1 Å². The van der Waals surface area contributed by atoms with Crippen LogP contribution in [0.5, 0.6) is 11.6 Å². The molecule has 6 heteroatoms. The molecule has 0 unspecified atom stereocenters. The molecule has 0 atom stereocenters. The summed E-state index contributed by atoms with van der Waals surface area (Å²) in [4.78, 5) is 0. The Balaban J connectivity index is 2.27. The third-order valence-electron chi connectivity index (χ3n) is 1.72. The smallest absolute Gasteiger partial charge is 0.258 e. The van der Waals surface area contributed by atoms with Crippen LogP contribution in [0, 0.1) is 0 Å². The molecule has 1 aromatic carbocycles. The van der Waals surface area contributed by atoms with Crippen LogP contribution in [-0.2, 0) is 0 Å². The van der Waals surface area contributed by atoms with Crippen molar-refractivity contribution in [2.75, 3.05) is 0 Å². The number of hydrogen-bond donors (Lipinski definition) is 2. The van der Waals surface area contributed by atoms with Gasteiger partial charge in [0.2, 0.25) is 0 Å². The molecule has 0 radical (unpaired) electrons. The molecule has 1 heterocycles. The Morgan fingerprint density at radius 1 is 1.40 bits per heavy atom. The zero-order valence-corrected chi connectivity index (χ0v) is 7.66. The van der Waals surface area contributed by atoms with Gasteiger partial charge in [0.1, 0.15) is 11.9 Å². The molecule has 2 rings (SSSR count).